The highest BCUT2D eigenvalue weighted by atomic mass is 35.5. The van der Waals surface area contributed by atoms with Crippen LogP contribution in [0.4, 0.5) is 0 Å². The summed E-state index contributed by atoms with van der Waals surface area (Å²) >= 11 is 0. The maximum atomic E-state index is 12.4. The monoisotopic (exact) mass is 373 g/mol. The SMILES string of the molecule is COCCn1cnnc1CCNC(=O)[C@H]1CC[C@H]2OCCN[C@@H]2C1.Cl. The van der Waals surface area contributed by atoms with Gasteiger partial charge in [0.25, 0.3) is 0 Å². The van der Waals surface area contributed by atoms with E-state index in [1.165, 1.54) is 0 Å². The normalized spacial score (nSPS) is 25.7. The number of nitrogens with one attached hydrogen (secondary N) is 2. The first-order valence-corrected chi connectivity index (χ1v) is 8.76. The molecular weight excluding hydrogens is 346 g/mol. The molecule has 3 rings (SSSR count). The van der Waals surface area contributed by atoms with Gasteiger partial charge in [0.1, 0.15) is 12.2 Å². The molecule has 0 unspecified atom stereocenters. The maximum absolute atomic E-state index is 12.4. The Labute approximate surface area is 154 Å². The smallest absolute Gasteiger partial charge is 0.223 e. The van der Waals surface area contributed by atoms with Gasteiger partial charge in [-0.25, -0.2) is 0 Å². The highest BCUT2D eigenvalue weighted by Crippen LogP contribution is 2.28. The molecule has 2 N–H and O–H groups in total. The van der Waals surface area contributed by atoms with Crippen LogP contribution in [0.15, 0.2) is 6.33 Å². The summed E-state index contributed by atoms with van der Waals surface area (Å²) in [4.78, 5) is 12.4. The van der Waals surface area contributed by atoms with E-state index in [0.717, 1.165) is 44.8 Å². The summed E-state index contributed by atoms with van der Waals surface area (Å²) in [5.41, 5.74) is 0. The summed E-state index contributed by atoms with van der Waals surface area (Å²) < 4.78 is 12.8. The van der Waals surface area contributed by atoms with Gasteiger partial charge in [-0.15, -0.1) is 22.6 Å². The number of hydrogen-bond acceptors (Lipinski definition) is 6. The van der Waals surface area contributed by atoms with Crippen molar-refractivity contribution in [1.29, 1.82) is 0 Å². The number of rotatable bonds is 7. The van der Waals surface area contributed by atoms with Gasteiger partial charge in [0, 0.05) is 45.1 Å². The highest BCUT2D eigenvalue weighted by Gasteiger charge is 2.35. The summed E-state index contributed by atoms with van der Waals surface area (Å²) in [7, 11) is 1.67. The molecule has 0 bridgehead atoms. The number of ether oxygens (including phenoxy) is 2. The minimum absolute atomic E-state index is 0. The molecule has 1 aromatic rings. The molecule has 2 aliphatic rings. The predicted octanol–water partition coefficient (Wildman–Crippen LogP) is 0.162. The van der Waals surface area contributed by atoms with Crippen LogP contribution in [0.2, 0.25) is 0 Å². The predicted molar refractivity (Wildman–Crippen MR) is 94.7 cm³/mol. The second-order valence-corrected chi connectivity index (χ2v) is 6.45. The molecule has 0 spiro atoms. The van der Waals surface area contributed by atoms with E-state index in [1.54, 1.807) is 13.4 Å². The molecule has 3 atom stereocenters. The zero-order chi connectivity index (χ0) is 16.8. The molecule has 8 nitrogen and oxygen atoms in total. The third kappa shape index (κ3) is 5.37. The first kappa shape index (κ1) is 20.1. The van der Waals surface area contributed by atoms with E-state index in [-0.39, 0.29) is 30.3 Å². The number of aromatic nitrogens is 3. The zero-order valence-corrected chi connectivity index (χ0v) is 15.5. The fourth-order valence-corrected chi connectivity index (χ4v) is 3.54. The van der Waals surface area contributed by atoms with Crippen LogP contribution in [0.5, 0.6) is 0 Å². The number of fused-ring (bicyclic) bond motifs is 1. The third-order valence-electron chi connectivity index (χ3n) is 4.88. The van der Waals surface area contributed by atoms with Gasteiger partial charge >= 0.3 is 0 Å². The average molecular weight is 374 g/mol. The first-order chi connectivity index (χ1) is 11.8. The molecule has 1 amide bonds. The molecule has 142 valence electrons. The van der Waals surface area contributed by atoms with E-state index < -0.39 is 0 Å². The van der Waals surface area contributed by atoms with Crippen LogP contribution in [0.25, 0.3) is 0 Å². The Morgan fingerprint density at radius 3 is 3.24 bits per heavy atom. The zero-order valence-electron chi connectivity index (χ0n) is 14.6. The number of morpholine rings is 1. The van der Waals surface area contributed by atoms with Crippen LogP contribution < -0.4 is 10.6 Å². The maximum Gasteiger partial charge on any atom is 0.223 e. The van der Waals surface area contributed by atoms with Gasteiger partial charge in [0.05, 0.1) is 19.3 Å². The van der Waals surface area contributed by atoms with Crippen LogP contribution in [0.3, 0.4) is 0 Å². The highest BCUT2D eigenvalue weighted by molar-refractivity contribution is 5.85. The Bertz CT molecular complexity index is 542. The lowest BCUT2D eigenvalue weighted by Gasteiger charge is -2.39. The van der Waals surface area contributed by atoms with E-state index in [0.29, 0.717) is 25.6 Å². The fraction of sp³-hybridized carbons (Fsp3) is 0.812. The van der Waals surface area contributed by atoms with E-state index in [2.05, 4.69) is 20.8 Å². The molecule has 2 fully saturated rings. The van der Waals surface area contributed by atoms with Crippen LogP contribution in [0, 0.1) is 5.92 Å². The van der Waals surface area contributed by atoms with Gasteiger partial charge in [-0.2, -0.15) is 0 Å². The van der Waals surface area contributed by atoms with Crippen LogP contribution in [-0.2, 0) is 27.2 Å². The van der Waals surface area contributed by atoms with E-state index >= 15 is 0 Å². The van der Waals surface area contributed by atoms with Crippen LogP contribution in [0.1, 0.15) is 25.1 Å². The van der Waals surface area contributed by atoms with E-state index in [9.17, 15) is 4.79 Å². The lowest BCUT2D eigenvalue weighted by atomic mass is 9.82. The van der Waals surface area contributed by atoms with Gasteiger partial charge in [0.15, 0.2) is 0 Å². The number of carbonyl (C=O) groups is 1. The van der Waals surface area contributed by atoms with Crippen molar-refractivity contribution < 1.29 is 14.3 Å². The molecular formula is C16H28ClN5O3. The quantitative estimate of drug-likeness (QED) is 0.707. The third-order valence-corrected chi connectivity index (χ3v) is 4.88. The van der Waals surface area contributed by atoms with Crippen molar-refractivity contribution in [1.82, 2.24) is 25.4 Å². The van der Waals surface area contributed by atoms with Crippen molar-refractivity contribution in [2.45, 2.75) is 44.4 Å². The van der Waals surface area contributed by atoms with E-state index in [1.807, 2.05) is 4.57 Å². The molecule has 1 saturated heterocycles. The van der Waals surface area contributed by atoms with Gasteiger partial charge < -0.3 is 24.7 Å². The topological polar surface area (TPSA) is 90.3 Å². The number of hydrogen-bond donors (Lipinski definition) is 2. The minimum atomic E-state index is 0. The summed E-state index contributed by atoms with van der Waals surface area (Å²) in [6.07, 6.45) is 5.38. The first-order valence-electron chi connectivity index (χ1n) is 8.76. The molecule has 1 aromatic heterocycles. The number of nitrogens with zero attached hydrogens (tertiary/aromatic N) is 3. The molecule has 9 heteroatoms. The number of carbonyl (C=O) groups excluding carboxylic acids is 1. The van der Waals surface area contributed by atoms with E-state index in [4.69, 9.17) is 9.47 Å². The molecule has 0 radical (unpaired) electrons. The lowest BCUT2D eigenvalue weighted by Crippen LogP contribution is -2.53. The van der Waals surface area contributed by atoms with Crippen molar-refractivity contribution in [3.63, 3.8) is 0 Å². The number of amides is 1. The standard InChI is InChI=1S/C16H27N5O3.ClH/c1-23-9-7-21-11-19-20-15(21)4-5-18-16(22)12-2-3-14-13(10-12)17-6-8-24-14;/h11-14,17H,2-10H2,1H3,(H,18,22);1H/t12-,13+,14+;/m0./s1. The Balaban J connectivity index is 0.00000225. The summed E-state index contributed by atoms with van der Waals surface area (Å²) in [5.74, 6) is 1.09. The van der Waals surface area contributed by atoms with Crippen molar-refractivity contribution in [2.75, 3.05) is 33.4 Å². The molecule has 0 aromatic carbocycles. The van der Waals surface area contributed by atoms with Gasteiger partial charge in [0.2, 0.25) is 5.91 Å². The van der Waals surface area contributed by atoms with Gasteiger partial charge in [-0.3, -0.25) is 4.79 Å². The van der Waals surface area contributed by atoms with Gasteiger partial charge in [-0.05, 0) is 19.3 Å². The Kier molecular flexibility index (Phi) is 8.08. The largest absolute Gasteiger partial charge is 0.383 e. The van der Waals surface area contributed by atoms with Crippen LogP contribution >= 0.6 is 12.4 Å². The summed E-state index contributed by atoms with van der Waals surface area (Å²) in [6.45, 7) is 3.59. The second-order valence-electron chi connectivity index (χ2n) is 6.45. The van der Waals surface area contributed by atoms with Crippen molar-refractivity contribution in [2.24, 2.45) is 5.92 Å². The summed E-state index contributed by atoms with van der Waals surface area (Å²) in [5, 5.41) is 14.6. The molecule has 1 aliphatic carbocycles. The average Bonchev–Trinajstić information content (AvgIpc) is 3.06. The van der Waals surface area contributed by atoms with Gasteiger partial charge in [-0.1, -0.05) is 0 Å². The lowest BCUT2D eigenvalue weighted by molar-refractivity contribution is -0.128. The second kappa shape index (κ2) is 10.1. The minimum Gasteiger partial charge on any atom is -0.383 e. The Hall–Kier alpha value is -1.22. The Morgan fingerprint density at radius 1 is 1.52 bits per heavy atom. The number of methoxy groups -OCH3 is 1. The number of halogens is 1. The van der Waals surface area contributed by atoms with Crippen molar-refractivity contribution in [3.05, 3.63) is 12.2 Å². The molecule has 1 aliphatic heterocycles. The fourth-order valence-electron chi connectivity index (χ4n) is 3.54. The molecule has 1 saturated carbocycles. The summed E-state index contributed by atoms with van der Waals surface area (Å²) in [6, 6.07) is 0.320. The molecule has 2 heterocycles. The molecule has 25 heavy (non-hydrogen) atoms. The van der Waals surface area contributed by atoms with Crippen molar-refractivity contribution >= 4 is 18.3 Å². The Morgan fingerprint density at radius 2 is 2.40 bits per heavy atom. The van der Waals surface area contributed by atoms with Crippen LogP contribution in [-0.4, -0.2) is 66.2 Å². The van der Waals surface area contributed by atoms with Crippen molar-refractivity contribution in [3.8, 4) is 0 Å².